The summed E-state index contributed by atoms with van der Waals surface area (Å²) in [6.45, 7) is 2.27. The third-order valence-electron chi connectivity index (χ3n) is 6.57. The van der Waals surface area contributed by atoms with Gasteiger partial charge >= 0.3 is 0 Å². The summed E-state index contributed by atoms with van der Waals surface area (Å²) in [5.74, 6) is 3.49. The zero-order valence-electron chi connectivity index (χ0n) is 12.7. The summed E-state index contributed by atoms with van der Waals surface area (Å²) in [5.41, 5.74) is -0.249. The Kier molecular flexibility index (Phi) is 4.22. The molecule has 3 fully saturated rings. The molecule has 0 saturated heterocycles. The molecule has 0 radical (unpaired) electrons. The molecule has 3 aliphatic rings. The molecular formula is C18H32O. The van der Waals surface area contributed by atoms with Gasteiger partial charge in [0.25, 0.3) is 0 Å². The highest BCUT2D eigenvalue weighted by atomic mass is 16.3. The highest BCUT2D eigenvalue weighted by molar-refractivity contribution is 5.09. The van der Waals surface area contributed by atoms with Gasteiger partial charge in [-0.15, -0.1) is 0 Å². The molecule has 3 saturated carbocycles. The second-order valence-electron chi connectivity index (χ2n) is 7.69. The van der Waals surface area contributed by atoms with Crippen LogP contribution in [0.4, 0.5) is 0 Å². The van der Waals surface area contributed by atoms with Crippen LogP contribution in [0.25, 0.3) is 0 Å². The monoisotopic (exact) mass is 264 g/mol. The third kappa shape index (κ3) is 2.60. The Morgan fingerprint density at radius 3 is 2.58 bits per heavy atom. The average molecular weight is 264 g/mol. The van der Waals surface area contributed by atoms with Crippen LogP contribution in [0.3, 0.4) is 0 Å². The van der Waals surface area contributed by atoms with E-state index >= 15 is 0 Å². The van der Waals surface area contributed by atoms with Crippen molar-refractivity contribution in [3.63, 3.8) is 0 Å². The van der Waals surface area contributed by atoms with Gasteiger partial charge in [-0.25, -0.2) is 0 Å². The molecule has 1 nitrogen and oxygen atoms in total. The second kappa shape index (κ2) is 5.76. The summed E-state index contributed by atoms with van der Waals surface area (Å²) in [7, 11) is 0. The molecule has 5 unspecified atom stereocenters. The van der Waals surface area contributed by atoms with E-state index in [1.54, 1.807) is 0 Å². The Balaban J connectivity index is 1.44. The van der Waals surface area contributed by atoms with Crippen molar-refractivity contribution in [2.75, 3.05) is 0 Å². The lowest BCUT2D eigenvalue weighted by atomic mass is 9.71. The van der Waals surface area contributed by atoms with E-state index in [4.69, 9.17) is 0 Å². The highest BCUT2D eigenvalue weighted by Crippen LogP contribution is 2.63. The van der Waals surface area contributed by atoms with E-state index in [0.29, 0.717) is 5.92 Å². The Morgan fingerprint density at radius 1 is 1.00 bits per heavy atom. The molecule has 0 spiro atoms. The molecule has 3 aliphatic carbocycles. The molecule has 19 heavy (non-hydrogen) atoms. The minimum atomic E-state index is -0.249. The fourth-order valence-corrected chi connectivity index (χ4v) is 5.73. The van der Waals surface area contributed by atoms with Gasteiger partial charge in [0.15, 0.2) is 0 Å². The fraction of sp³-hybridized carbons (Fsp3) is 1.00. The van der Waals surface area contributed by atoms with Gasteiger partial charge in [0.05, 0.1) is 5.60 Å². The first kappa shape index (κ1) is 13.9. The van der Waals surface area contributed by atoms with Gasteiger partial charge in [-0.3, -0.25) is 0 Å². The summed E-state index contributed by atoms with van der Waals surface area (Å²) >= 11 is 0. The molecule has 110 valence electrons. The van der Waals surface area contributed by atoms with Gasteiger partial charge in [-0.05, 0) is 55.8 Å². The molecule has 0 aromatic carbocycles. The van der Waals surface area contributed by atoms with E-state index in [2.05, 4.69) is 6.92 Å². The van der Waals surface area contributed by atoms with Crippen LogP contribution in [0.1, 0.15) is 84.0 Å². The SMILES string of the molecule is CCCCCCCCC1(O)CC2CC1C1CCCC21. The quantitative estimate of drug-likeness (QED) is 0.647. The lowest BCUT2D eigenvalue weighted by molar-refractivity contribution is -0.0535. The van der Waals surface area contributed by atoms with Gasteiger partial charge in [-0.1, -0.05) is 51.9 Å². The first-order valence-electron chi connectivity index (χ1n) is 8.97. The van der Waals surface area contributed by atoms with Crippen LogP contribution in [0, 0.1) is 23.7 Å². The second-order valence-corrected chi connectivity index (χ2v) is 7.69. The molecule has 3 rings (SSSR count). The number of rotatable bonds is 7. The van der Waals surface area contributed by atoms with Gasteiger partial charge < -0.3 is 5.11 Å². The number of fused-ring (bicyclic) bond motifs is 5. The lowest BCUT2D eigenvalue weighted by Crippen LogP contribution is -2.41. The number of hydrogen-bond donors (Lipinski definition) is 1. The van der Waals surface area contributed by atoms with Crippen LogP contribution in [0.15, 0.2) is 0 Å². The van der Waals surface area contributed by atoms with Gasteiger partial charge in [0, 0.05) is 0 Å². The third-order valence-corrected chi connectivity index (χ3v) is 6.57. The summed E-state index contributed by atoms with van der Waals surface area (Å²) in [4.78, 5) is 0. The first-order chi connectivity index (χ1) is 9.24. The molecule has 2 bridgehead atoms. The van der Waals surface area contributed by atoms with Crippen molar-refractivity contribution in [1.29, 1.82) is 0 Å². The highest BCUT2D eigenvalue weighted by Gasteiger charge is 2.59. The Bertz CT molecular complexity index is 300. The van der Waals surface area contributed by atoms with Crippen molar-refractivity contribution in [3.05, 3.63) is 0 Å². The maximum atomic E-state index is 11.0. The predicted octanol–water partition coefficient (Wildman–Crippen LogP) is 4.92. The summed E-state index contributed by atoms with van der Waals surface area (Å²) < 4.78 is 0. The van der Waals surface area contributed by atoms with Gasteiger partial charge in [0.1, 0.15) is 0 Å². The van der Waals surface area contributed by atoms with E-state index in [9.17, 15) is 5.11 Å². The molecule has 0 amide bonds. The molecule has 0 aromatic rings. The van der Waals surface area contributed by atoms with E-state index in [0.717, 1.165) is 30.6 Å². The van der Waals surface area contributed by atoms with Crippen LogP contribution < -0.4 is 0 Å². The molecule has 5 atom stereocenters. The largest absolute Gasteiger partial charge is 0.390 e. The first-order valence-corrected chi connectivity index (χ1v) is 8.97. The maximum Gasteiger partial charge on any atom is 0.0681 e. The molecule has 0 aromatic heterocycles. The van der Waals surface area contributed by atoms with Crippen LogP contribution in [0.5, 0.6) is 0 Å². The maximum absolute atomic E-state index is 11.0. The topological polar surface area (TPSA) is 20.2 Å². The normalized spacial score (nSPS) is 43.9. The van der Waals surface area contributed by atoms with Crippen molar-refractivity contribution >= 4 is 0 Å². The summed E-state index contributed by atoms with van der Waals surface area (Å²) in [6.07, 6.45) is 16.0. The summed E-state index contributed by atoms with van der Waals surface area (Å²) in [6, 6.07) is 0. The molecule has 1 N–H and O–H groups in total. The Morgan fingerprint density at radius 2 is 1.74 bits per heavy atom. The zero-order valence-corrected chi connectivity index (χ0v) is 12.7. The van der Waals surface area contributed by atoms with Gasteiger partial charge in [-0.2, -0.15) is 0 Å². The van der Waals surface area contributed by atoms with Gasteiger partial charge in [0.2, 0.25) is 0 Å². The minimum absolute atomic E-state index is 0.249. The van der Waals surface area contributed by atoms with Crippen LogP contribution in [-0.2, 0) is 0 Å². The number of hydrogen-bond acceptors (Lipinski definition) is 1. The number of aliphatic hydroxyl groups is 1. The average Bonchev–Trinajstić information content (AvgIpc) is 3.04. The van der Waals surface area contributed by atoms with Crippen molar-refractivity contribution in [3.8, 4) is 0 Å². The summed E-state index contributed by atoms with van der Waals surface area (Å²) in [5, 5.41) is 11.0. The zero-order chi connectivity index (χ0) is 13.3. The van der Waals surface area contributed by atoms with Crippen molar-refractivity contribution < 1.29 is 5.11 Å². The fourth-order valence-electron chi connectivity index (χ4n) is 5.73. The molecule has 0 heterocycles. The lowest BCUT2D eigenvalue weighted by Gasteiger charge is -2.39. The van der Waals surface area contributed by atoms with Crippen LogP contribution >= 0.6 is 0 Å². The Hall–Kier alpha value is -0.0400. The number of unbranched alkanes of at least 4 members (excludes halogenated alkanes) is 5. The molecular weight excluding hydrogens is 232 g/mol. The van der Waals surface area contributed by atoms with E-state index in [1.165, 1.54) is 64.2 Å². The van der Waals surface area contributed by atoms with E-state index < -0.39 is 0 Å². The van der Waals surface area contributed by atoms with E-state index in [1.807, 2.05) is 0 Å². The van der Waals surface area contributed by atoms with Crippen LogP contribution in [-0.4, -0.2) is 10.7 Å². The van der Waals surface area contributed by atoms with Crippen molar-refractivity contribution in [2.45, 2.75) is 89.6 Å². The standard InChI is InChI=1S/C18H32O/c1-2-3-4-5-6-7-11-18(19)13-14-12-17(18)16-10-8-9-15(14)16/h14-17,19H,2-13H2,1H3. The van der Waals surface area contributed by atoms with Crippen molar-refractivity contribution in [1.82, 2.24) is 0 Å². The molecule has 0 aliphatic heterocycles. The molecule has 1 heteroatoms. The van der Waals surface area contributed by atoms with Crippen molar-refractivity contribution in [2.24, 2.45) is 23.7 Å². The van der Waals surface area contributed by atoms with Crippen LogP contribution in [0.2, 0.25) is 0 Å². The van der Waals surface area contributed by atoms with E-state index in [-0.39, 0.29) is 5.60 Å². The minimum Gasteiger partial charge on any atom is -0.390 e. The predicted molar refractivity (Wildman–Crippen MR) is 80.0 cm³/mol. The smallest absolute Gasteiger partial charge is 0.0681 e. The Labute approximate surface area is 119 Å².